The molecule has 0 unspecified atom stereocenters. The maximum Gasteiger partial charge on any atom is 0.352 e. The summed E-state index contributed by atoms with van der Waals surface area (Å²) in [7, 11) is 1.24. The highest BCUT2D eigenvalue weighted by Gasteiger charge is 2.66. The fourth-order valence-corrected chi connectivity index (χ4v) is 7.18. The Hall–Kier alpha value is -2.72. The van der Waals surface area contributed by atoms with Gasteiger partial charge < -0.3 is 20.4 Å². The molecule has 0 spiro atoms. The highest BCUT2D eigenvalue weighted by Crippen LogP contribution is 2.47. The number of amides is 2. The summed E-state index contributed by atoms with van der Waals surface area (Å²) in [6.07, 6.45) is 0. The zero-order chi connectivity index (χ0) is 25.3. The summed E-state index contributed by atoms with van der Waals surface area (Å²) < 4.78 is 17.0. The van der Waals surface area contributed by atoms with E-state index in [0.29, 0.717) is 26.0 Å². The third-order valence-electron chi connectivity index (χ3n) is 5.32. The van der Waals surface area contributed by atoms with E-state index in [4.69, 9.17) is 4.74 Å². The first-order valence-electron chi connectivity index (χ1n) is 9.92. The summed E-state index contributed by atoms with van der Waals surface area (Å²) in [5, 5.41) is 29.3. The maximum atomic E-state index is 13.2. The summed E-state index contributed by atoms with van der Waals surface area (Å²) in [4.78, 5) is 40.1. The van der Waals surface area contributed by atoms with Gasteiger partial charge in [-0.2, -0.15) is 0 Å². The number of nitrogens with one attached hydrogen (secondary N) is 1. The molecule has 2 amide bonds. The molecule has 0 aliphatic carbocycles. The van der Waals surface area contributed by atoms with Crippen LogP contribution in [0.5, 0.6) is 0 Å². The third-order valence-corrected chi connectivity index (χ3v) is 9.29. The Morgan fingerprint density at radius 3 is 2.80 bits per heavy atom. The van der Waals surface area contributed by atoms with Crippen molar-refractivity contribution in [2.75, 3.05) is 18.6 Å². The minimum absolute atomic E-state index is 0.00597. The molecule has 1 saturated heterocycles. The Morgan fingerprint density at radius 2 is 2.20 bits per heavy atom. The average molecular weight is 555 g/mol. The molecule has 2 aliphatic rings. The topological polar surface area (TPSA) is 153 Å². The third kappa shape index (κ3) is 4.49. The summed E-state index contributed by atoms with van der Waals surface area (Å²) in [5.41, 5.74) is -1.12. The number of aromatic nitrogens is 2. The van der Waals surface area contributed by atoms with E-state index in [-0.39, 0.29) is 33.3 Å². The van der Waals surface area contributed by atoms with Crippen molar-refractivity contribution in [3.05, 3.63) is 56.7 Å². The van der Waals surface area contributed by atoms with E-state index in [2.05, 4.69) is 10.4 Å². The van der Waals surface area contributed by atoms with Gasteiger partial charge >= 0.3 is 5.97 Å². The largest absolute Gasteiger partial charge is 0.594 e. The van der Waals surface area contributed by atoms with Crippen molar-refractivity contribution in [2.45, 2.75) is 23.0 Å². The second-order valence-electron chi connectivity index (χ2n) is 7.35. The van der Waals surface area contributed by atoms with E-state index < -0.39 is 28.9 Å². The molecule has 4 heterocycles. The zero-order valence-corrected chi connectivity index (χ0v) is 21.5. The first kappa shape index (κ1) is 25.4. The van der Waals surface area contributed by atoms with Crippen LogP contribution in [0, 0.1) is 12.1 Å². The number of thioether (sulfide) groups is 2. The number of ether oxygens (including phenoxy) is 1. The molecule has 35 heavy (non-hydrogen) atoms. The lowest BCUT2D eigenvalue weighted by atomic mass is 9.98. The monoisotopic (exact) mass is 554 g/mol. The van der Waals surface area contributed by atoms with E-state index in [1.807, 2.05) is 0 Å². The van der Waals surface area contributed by atoms with Crippen molar-refractivity contribution in [1.29, 1.82) is 0 Å². The van der Waals surface area contributed by atoms with Crippen molar-refractivity contribution < 1.29 is 33.3 Å². The van der Waals surface area contributed by atoms with E-state index in [9.17, 15) is 28.9 Å². The quantitative estimate of drug-likeness (QED) is 0.0887. The number of hydrogen-bond donors (Lipinski definition) is 2. The smallest absolute Gasteiger partial charge is 0.352 e. The number of aryl methyl sites for hydroxylation is 1. The van der Waals surface area contributed by atoms with Gasteiger partial charge in [0.1, 0.15) is 27.2 Å². The number of carbonyl (C=O) groups excluding carboxylic acids is 2. The highest BCUT2D eigenvalue weighted by molar-refractivity contribution is 8.01. The summed E-state index contributed by atoms with van der Waals surface area (Å²) >= 11 is 3.61. The number of aliphatic carboxylic acids is 1. The number of carboxylic acids is 1. The van der Waals surface area contributed by atoms with E-state index in [0.717, 1.165) is 4.90 Å². The molecule has 2 atom stereocenters. The number of carbonyl (C=O) groups is 3. The SMILES string of the molecule is CO[C@@]1(NC(=O)C(=S=O)c2cccs2)C(=O)N2C(C(=O)O)=C(CSc3ccc(C)[n+]([O-])n3)CS[C@@H]21. The van der Waals surface area contributed by atoms with E-state index >= 15 is 0 Å². The predicted molar refractivity (Wildman–Crippen MR) is 131 cm³/mol. The molecule has 0 saturated carbocycles. The van der Waals surface area contributed by atoms with E-state index in [1.165, 1.54) is 42.0 Å². The number of nitrogens with zero attached hydrogens (tertiary/aromatic N) is 3. The predicted octanol–water partition coefficient (Wildman–Crippen LogP) is 0.323. The molecule has 184 valence electrons. The van der Waals surface area contributed by atoms with Gasteiger partial charge in [0.25, 0.3) is 17.5 Å². The van der Waals surface area contributed by atoms with Crippen LogP contribution in [0.4, 0.5) is 0 Å². The van der Waals surface area contributed by atoms with Gasteiger partial charge in [-0.05, 0) is 23.1 Å². The van der Waals surface area contributed by atoms with Crippen LogP contribution in [0.3, 0.4) is 0 Å². The van der Waals surface area contributed by atoms with Crippen LogP contribution in [0.2, 0.25) is 0 Å². The fourth-order valence-electron chi connectivity index (χ4n) is 3.57. The molecular formula is C20H18N4O7S4. The van der Waals surface area contributed by atoms with E-state index in [1.54, 1.807) is 36.6 Å². The number of carboxylic acid groups (broad SMARTS) is 1. The Labute approximate surface area is 215 Å². The van der Waals surface area contributed by atoms with Crippen molar-refractivity contribution in [2.24, 2.45) is 0 Å². The lowest BCUT2D eigenvalue weighted by molar-refractivity contribution is -0.679. The molecule has 11 nitrogen and oxygen atoms in total. The van der Waals surface area contributed by atoms with Gasteiger partial charge in [0.05, 0.1) is 4.88 Å². The van der Waals surface area contributed by atoms with Crippen LogP contribution in [0.25, 0.3) is 0 Å². The van der Waals surface area contributed by atoms with Gasteiger partial charge in [-0.15, -0.1) is 23.1 Å². The van der Waals surface area contributed by atoms with Gasteiger partial charge in [-0.3, -0.25) is 14.5 Å². The molecule has 2 N–H and O–H groups in total. The molecular weight excluding hydrogens is 537 g/mol. The number of rotatable bonds is 8. The minimum atomic E-state index is -1.81. The summed E-state index contributed by atoms with van der Waals surface area (Å²) in [5.74, 6) is -2.40. The highest BCUT2D eigenvalue weighted by atomic mass is 32.2. The van der Waals surface area contributed by atoms with Gasteiger partial charge in [-0.25, -0.2) is 9.00 Å². The average Bonchev–Trinajstić information content (AvgIpc) is 3.37. The lowest BCUT2D eigenvalue weighted by Crippen LogP contribution is -2.81. The Balaban J connectivity index is 1.57. The number of β-lactam (4-membered cyclic amide) rings is 1. The molecule has 15 heteroatoms. The summed E-state index contributed by atoms with van der Waals surface area (Å²) in [6, 6.07) is 6.57. The lowest BCUT2D eigenvalue weighted by Gasteiger charge is -2.55. The number of hydrogen-bond acceptors (Lipinski definition) is 10. The number of methoxy groups -OCH3 is 1. The Bertz CT molecular complexity index is 1290. The van der Waals surface area contributed by atoms with Crippen molar-refractivity contribution >= 4 is 68.8 Å². The van der Waals surface area contributed by atoms with Gasteiger partial charge in [0, 0.05) is 36.7 Å². The first-order chi connectivity index (χ1) is 16.7. The second-order valence-corrected chi connectivity index (χ2v) is 10.9. The Kier molecular flexibility index (Phi) is 7.32. The number of thiophene rings is 1. The van der Waals surface area contributed by atoms with Crippen molar-refractivity contribution in [3.8, 4) is 0 Å². The van der Waals surface area contributed by atoms with Crippen LogP contribution in [0.15, 0.2) is 45.9 Å². The molecule has 0 bridgehead atoms. The van der Waals surface area contributed by atoms with Crippen LogP contribution < -0.4 is 10.2 Å². The molecule has 0 radical (unpaired) electrons. The first-order valence-corrected chi connectivity index (χ1v) is 13.6. The van der Waals surface area contributed by atoms with Gasteiger partial charge in [-0.1, -0.05) is 22.7 Å². The minimum Gasteiger partial charge on any atom is -0.594 e. The van der Waals surface area contributed by atoms with Crippen molar-refractivity contribution in [3.63, 3.8) is 0 Å². The molecule has 4 rings (SSSR count). The van der Waals surface area contributed by atoms with Crippen LogP contribution in [-0.2, 0) is 30.4 Å². The van der Waals surface area contributed by atoms with Gasteiger partial charge in [0.15, 0.2) is 5.03 Å². The Morgan fingerprint density at radius 1 is 1.43 bits per heavy atom. The molecule has 2 aromatic rings. The van der Waals surface area contributed by atoms with Crippen molar-refractivity contribution in [1.82, 2.24) is 15.3 Å². The molecule has 0 aromatic carbocycles. The van der Waals surface area contributed by atoms with Crippen LogP contribution in [-0.4, -0.2) is 71.7 Å². The maximum absolute atomic E-state index is 13.2. The summed E-state index contributed by atoms with van der Waals surface area (Å²) in [6.45, 7) is 1.62. The van der Waals surface area contributed by atoms with Crippen LogP contribution in [0.1, 0.15) is 10.6 Å². The van der Waals surface area contributed by atoms with Gasteiger partial charge in [0.2, 0.25) is 5.69 Å². The molecule has 2 aliphatic heterocycles. The normalized spacial score (nSPS) is 21.3. The second kappa shape index (κ2) is 10.1. The molecule has 2 aromatic heterocycles. The zero-order valence-electron chi connectivity index (χ0n) is 18.2. The molecule has 1 fully saturated rings. The fraction of sp³-hybridized carbons (Fsp3) is 0.300. The standard InChI is InChI=1S/C20H18N4O7S4/c1-10-5-6-13(22-24(10)29)33-8-11-9-34-19-20(31-2,18(28)23(19)14(11)17(26)27)21-16(25)15(35-30)12-4-3-7-32-12/h3-7,19H,8-9H2,1-2H3,(H,21,25)(H,26,27)/t19-,20+/m1/s1. The van der Waals surface area contributed by atoms with Crippen LogP contribution >= 0.6 is 34.9 Å². The number of fused-ring (bicyclic) bond motifs is 1.